The molecular weight excluding hydrogens is 208 g/mol. The summed E-state index contributed by atoms with van der Waals surface area (Å²) >= 11 is 0. The zero-order valence-electron chi connectivity index (χ0n) is 8.90. The van der Waals surface area contributed by atoms with Gasteiger partial charge in [0.2, 0.25) is 0 Å². The van der Waals surface area contributed by atoms with Crippen LogP contribution in [0.25, 0.3) is 0 Å². The molecule has 2 N–H and O–H groups in total. The van der Waals surface area contributed by atoms with E-state index in [-0.39, 0.29) is 26.3 Å². The number of alkyl halides is 2. The maximum Gasteiger partial charge on any atom is 0.251 e. The second kappa shape index (κ2) is 8.96. The highest BCUT2D eigenvalue weighted by molar-refractivity contribution is 4.65. The molecule has 1 atom stereocenters. The third-order valence-corrected chi connectivity index (χ3v) is 1.80. The van der Waals surface area contributed by atoms with E-state index in [0.29, 0.717) is 6.61 Å². The van der Waals surface area contributed by atoms with Crippen molar-refractivity contribution in [1.29, 1.82) is 0 Å². The number of nitrogens with zero attached hydrogens (tertiary/aromatic N) is 1. The van der Waals surface area contributed by atoms with E-state index in [0.717, 1.165) is 0 Å². The molecule has 1 unspecified atom stereocenters. The number of hydrogen-bond donors (Lipinski definition) is 2. The zero-order valence-corrected chi connectivity index (χ0v) is 8.90. The van der Waals surface area contributed by atoms with Crippen LogP contribution < -0.4 is 0 Å². The summed E-state index contributed by atoms with van der Waals surface area (Å²) in [4.78, 5) is 1.31. The number of aliphatic hydroxyl groups is 2. The molecule has 0 heterocycles. The second-order valence-corrected chi connectivity index (χ2v) is 3.19. The van der Waals surface area contributed by atoms with Gasteiger partial charge in [0.05, 0.1) is 25.9 Å². The monoisotopic (exact) mass is 227 g/mol. The molecule has 0 aromatic rings. The molecule has 0 aliphatic rings. The molecule has 0 aliphatic heterocycles. The molecule has 15 heavy (non-hydrogen) atoms. The number of hydrogen-bond acceptors (Lipinski definition) is 4. The van der Waals surface area contributed by atoms with Crippen molar-refractivity contribution < 1.29 is 23.7 Å². The predicted octanol–water partition coefficient (Wildman–Crippen LogP) is -0.0568. The number of rotatable bonds is 9. The van der Waals surface area contributed by atoms with Crippen molar-refractivity contribution in [3.8, 4) is 0 Å². The first-order valence-corrected chi connectivity index (χ1v) is 4.97. The Morgan fingerprint density at radius 1 is 1.33 bits per heavy atom. The molecule has 6 heteroatoms. The summed E-state index contributed by atoms with van der Waals surface area (Å²) in [5.41, 5.74) is 0. The Morgan fingerprint density at radius 2 is 2.00 bits per heavy atom. The highest BCUT2D eigenvalue weighted by Crippen LogP contribution is 2.00. The fourth-order valence-electron chi connectivity index (χ4n) is 1.20. The molecule has 0 aromatic heterocycles. The van der Waals surface area contributed by atoms with Gasteiger partial charge in [-0.3, -0.25) is 4.90 Å². The van der Waals surface area contributed by atoms with Crippen molar-refractivity contribution in [2.45, 2.75) is 19.5 Å². The second-order valence-electron chi connectivity index (χ2n) is 3.19. The summed E-state index contributed by atoms with van der Waals surface area (Å²) in [6.07, 6.45) is -3.26. The maximum absolute atomic E-state index is 12.1. The van der Waals surface area contributed by atoms with Crippen LogP contribution in [0.2, 0.25) is 0 Å². The molecule has 4 nitrogen and oxygen atoms in total. The largest absolute Gasteiger partial charge is 0.395 e. The molecule has 0 bridgehead atoms. The Bertz CT molecular complexity index is 149. The first kappa shape index (κ1) is 14.7. The minimum absolute atomic E-state index is 0.0882. The third-order valence-electron chi connectivity index (χ3n) is 1.80. The summed E-state index contributed by atoms with van der Waals surface area (Å²) in [7, 11) is 0. The van der Waals surface area contributed by atoms with Crippen LogP contribution in [0.3, 0.4) is 0 Å². The molecular formula is C9H19F2NO3. The fraction of sp³-hybridized carbons (Fsp3) is 1.00. The Morgan fingerprint density at radius 3 is 2.47 bits per heavy atom. The predicted molar refractivity (Wildman–Crippen MR) is 52.0 cm³/mol. The molecule has 0 saturated carbocycles. The zero-order chi connectivity index (χ0) is 11.7. The van der Waals surface area contributed by atoms with Gasteiger partial charge >= 0.3 is 0 Å². The minimum Gasteiger partial charge on any atom is -0.395 e. The van der Waals surface area contributed by atoms with Crippen LogP contribution in [0.5, 0.6) is 0 Å². The molecule has 0 aromatic carbocycles. The van der Waals surface area contributed by atoms with E-state index >= 15 is 0 Å². The van der Waals surface area contributed by atoms with E-state index in [1.165, 1.54) is 4.90 Å². The smallest absolute Gasteiger partial charge is 0.251 e. The molecule has 0 spiro atoms. The Kier molecular flexibility index (Phi) is 8.79. The van der Waals surface area contributed by atoms with E-state index in [1.54, 1.807) is 6.92 Å². The first-order chi connectivity index (χ1) is 7.10. The Balaban J connectivity index is 3.81. The van der Waals surface area contributed by atoms with Crippen molar-refractivity contribution in [3.63, 3.8) is 0 Å². The lowest BCUT2D eigenvalue weighted by Gasteiger charge is -2.23. The summed E-state index contributed by atoms with van der Waals surface area (Å²) in [6, 6.07) is 0. The molecule has 0 rings (SSSR count). The van der Waals surface area contributed by atoms with Gasteiger partial charge < -0.3 is 14.9 Å². The van der Waals surface area contributed by atoms with Crippen LogP contribution in [0.15, 0.2) is 0 Å². The highest BCUT2D eigenvalue weighted by atomic mass is 19.3. The minimum atomic E-state index is -2.46. The van der Waals surface area contributed by atoms with Gasteiger partial charge in [-0.25, -0.2) is 8.78 Å². The van der Waals surface area contributed by atoms with Gasteiger partial charge in [-0.15, -0.1) is 0 Å². The summed E-state index contributed by atoms with van der Waals surface area (Å²) in [6.45, 7) is 1.97. The SMILES string of the molecule is CCOCC(O)CN(CCO)CC(F)F. The fourth-order valence-corrected chi connectivity index (χ4v) is 1.20. The lowest BCUT2D eigenvalue weighted by molar-refractivity contribution is 0.00341. The van der Waals surface area contributed by atoms with Gasteiger partial charge in [0, 0.05) is 19.7 Å². The van der Waals surface area contributed by atoms with Gasteiger partial charge in [0.15, 0.2) is 0 Å². The Hall–Kier alpha value is -0.300. The van der Waals surface area contributed by atoms with Crippen LogP contribution in [0.4, 0.5) is 8.78 Å². The first-order valence-electron chi connectivity index (χ1n) is 4.97. The lowest BCUT2D eigenvalue weighted by Crippen LogP contribution is -2.39. The Labute approximate surface area is 88.5 Å². The van der Waals surface area contributed by atoms with Crippen LogP contribution in [-0.4, -0.2) is 67.1 Å². The van der Waals surface area contributed by atoms with Crippen LogP contribution in [0, 0.1) is 0 Å². The van der Waals surface area contributed by atoms with Crippen LogP contribution in [0.1, 0.15) is 6.92 Å². The van der Waals surface area contributed by atoms with E-state index in [1.807, 2.05) is 0 Å². The molecule has 0 fully saturated rings. The number of halogens is 2. The van der Waals surface area contributed by atoms with Crippen molar-refractivity contribution in [1.82, 2.24) is 4.90 Å². The lowest BCUT2D eigenvalue weighted by atomic mass is 10.3. The molecule has 0 radical (unpaired) electrons. The summed E-state index contributed by atoms with van der Waals surface area (Å²) in [5.74, 6) is 0. The van der Waals surface area contributed by atoms with Crippen LogP contribution in [-0.2, 0) is 4.74 Å². The van der Waals surface area contributed by atoms with Crippen molar-refractivity contribution in [3.05, 3.63) is 0 Å². The summed E-state index contributed by atoms with van der Waals surface area (Å²) < 4.78 is 29.1. The van der Waals surface area contributed by atoms with E-state index in [2.05, 4.69) is 0 Å². The number of aliphatic hydroxyl groups excluding tert-OH is 2. The van der Waals surface area contributed by atoms with Gasteiger partial charge in [0.25, 0.3) is 6.43 Å². The number of ether oxygens (including phenoxy) is 1. The van der Waals surface area contributed by atoms with Crippen molar-refractivity contribution >= 4 is 0 Å². The van der Waals surface area contributed by atoms with E-state index < -0.39 is 19.1 Å². The van der Waals surface area contributed by atoms with Gasteiger partial charge in [-0.2, -0.15) is 0 Å². The average molecular weight is 227 g/mol. The third kappa shape index (κ3) is 8.68. The van der Waals surface area contributed by atoms with Gasteiger partial charge in [-0.05, 0) is 6.92 Å². The highest BCUT2D eigenvalue weighted by Gasteiger charge is 2.15. The van der Waals surface area contributed by atoms with Gasteiger partial charge in [0.1, 0.15) is 0 Å². The van der Waals surface area contributed by atoms with Crippen molar-refractivity contribution in [2.24, 2.45) is 0 Å². The quantitative estimate of drug-likeness (QED) is 0.579. The van der Waals surface area contributed by atoms with E-state index in [9.17, 15) is 13.9 Å². The maximum atomic E-state index is 12.1. The molecule has 0 saturated heterocycles. The van der Waals surface area contributed by atoms with Gasteiger partial charge in [-0.1, -0.05) is 0 Å². The molecule has 0 aliphatic carbocycles. The molecule has 92 valence electrons. The average Bonchev–Trinajstić information content (AvgIpc) is 2.14. The standard InChI is InChI=1S/C9H19F2NO3/c1-2-15-7-8(14)5-12(3-4-13)6-9(10)11/h8-9,13-14H,2-7H2,1H3. The molecule has 0 amide bonds. The van der Waals surface area contributed by atoms with E-state index in [4.69, 9.17) is 9.84 Å². The normalized spacial score (nSPS) is 13.8. The topological polar surface area (TPSA) is 52.9 Å². The van der Waals surface area contributed by atoms with Crippen molar-refractivity contribution in [2.75, 3.05) is 39.5 Å². The summed E-state index contributed by atoms with van der Waals surface area (Å²) in [5, 5.41) is 18.0. The van der Waals surface area contributed by atoms with Crippen LogP contribution >= 0.6 is 0 Å².